The lowest BCUT2D eigenvalue weighted by molar-refractivity contribution is -0.115. The fraction of sp³-hybridized carbons (Fsp3) is 0.333. The summed E-state index contributed by atoms with van der Waals surface area (Å²) in [5.74, 6) is 0.197. The molecule has 3 aromatic rings. The maximum Gasteiger partial charge on any atom is 0.341 e. The zero-order valence-corrected chi connectivity index (χ0v) is 19.0. The fourth-order valence-corrected chi connectivity index (χ4v) is 4.66. The summed E-state index contributed by atoms with van der Waals surface area (Å²) in [6, 6.07) is 9.58. The molecule has 0 saturated carbocycles. The van der Waals surface area contributed by atoms with Crippen LogP contribution in [0.5, 0.6) is 0 Å². The number of carbonyl (C=O) groups excluding carboxylic acids is 2. The lowest BCUT2D eigenvalue weighted by atomic mass is 10.0. The highest BCUT2D eigenvalue weighted by atomic mass is 32.2. The van der Waals surface area contributed by atoms with E-state index in [1.165, 1.54) is 23.1 Å². The third-order valence-corrected chi connectivity index (χ3v) is 6.51. The van der Waals surface area contributed by atoms with E-state index in [1.54, 1.807) is 13.8 Å². The van der Waals surface area contributed by atoms with Crippen molar-refractivity contribution in [3.63, 3.8) is 0 Å². The van der Waals surface area contributed by atoms with Crippen molar-refractivity contribution in [2.45, 2.75) is 37.6 Å². The molecular formula is C21H24N4O3S2. The predicted molar refractivity (Wildman–Crippen MR) is 120 cm³/mol. The average molecular weight is 445 g/mol. The number of ether oxygens (including phenoxy) is 1. The maximum absolute atomic E-state index is 12.8. The molecular weight excluding hydrogens is 420 g/mol. The molecule has 158 valence electrons. The van der Waals surface area contributed by atoms with Crippen molar-refractivity contribution in [3.8, 4) is 11.1 Å². The van der Waals surface area contributed by atoms with E-state index in [-0.39, 0.29) is 12.5 Å². The molecule has 7 nitrogen and oxygen atoms in total. The van der Waals surface area contributed by atoms with E-state index < -0.39 is 11.2 Å². The minimum absolute atomic E-state index is 0.215. The molecule has 2 heterocycles. The number of rotatable bonds is 8. The van der Waals surface area contributed by atoms with Crippen LogP contribution in [0.4, 0.5) is 5.00 Å². The number of thioether (sulfide) groups is 1. The van der Waals surface area contributed by atoms with Gasteiger partial charge in [0.1, 0.15) is 16.4 Å². The molecule has 0 spiro atoms. The molecule has 0 saturated heterocycles. The number of hydrogen-bond acceptors (Lipinski definition) is 7. The lowest BCUT2D eigenvalue weighted by Gasteiger charge is -2.12. The van der Waals surface area contributed by atoms with Gasteiger partial charge < -0.3 is 14.6 Å². The van der Waals surface area contributed by atoms with Crippen molar-refractivity contribution < 1.29 is 14.3 Å². The summed E-state index contributed by atoms with van der Waals surface area (Å²) in [6.07, 6.45) is 0.769. The maximum atomic E-state index is 12.8. The molecule has 0 radical (unpaired) electrons. The highest BCUT2D eigenvalue weighted by molar-refractivity contribution is 8.00. The molecule has 1 N–H and O–H groups in total. The van der Waals surface area contributed by atoms with E-state index in [4.69, 9.17) is 4.74 Å². The van der Waals surface area contributed by atoms with Crippen LogP contribution < -0.4 is 5.32 Å². The number of hydrogen-bond donors (Lipinski definition) is 1. The summed E-state index contributed by atoms with van der Waals surface area (Å²) in [4.78, 5) is 25.5. The van der Waals surface area contributed by atoms with Crippen molar-refractivity contribution in [1.82, 2.24) is 14.8 Å². The van der Waals surface area contributed by atoms with Crippen LogP contribution in [-0.2, 0) is 23.0 Å². The number of carbonyl (C=O) groups is 2. The van der Waals surface area contributed by atoms with E-state index >= 15 is 0 Å². The van der Waals surface area contributed by atoms with Gasteiger partial charge in [0, 0.05) is 24.4 Å². The van der Waals surface area contributed by atoms with Gasteiger partial charge in [-0.25, -0.2) is 4.79 Å². The third kappa shape index (κ3) is 4.73. The average Bonchev–Trinajstić information content (AvgIpc) is 3.32. The smallest absolute Gasteiger partial charge is 0.341 e. The molecule has 0 fully saturated rings. The molecule has 0 aliphatic carbocycles. The number of aryl methyl sites for hydroxylation is 1. The molecule has 0 aliphatic heterocycles. The summed E-state index contributed by atoms with van der Waals surface area (Å²) in [7, 11) is 1.88. The first-order valence-electron chi connectivity index (χ1n) is 9.66. The Kier molecular flexibility index (Phi) is 7.28. The topological polar surface area (TPSA) is 86.1 Å². The van der Waals surface area contributed by atoms with Gasteiger partial charge in [0.2, 0.25) is 5.91 Å². The first-order chi connectivity index (χ1) is 14.5. The highest BCUT2D eigenvalue weighted by Gasteiger charge is 2.25. The Labute approximate surface area is 183 Å². The SMILES string of the molecule is CCOC(=O)c1c(-c2ccccc2)csc1NC(=O)C(C)Sc1nnc(CC)n1C. The van der Waals surface area contributed by atoms with Gasteiger partial charge in [-0.2, -0.15) is 0 Å². The summed E-state index contributed by atoms with van der Waals surface area (Å²) >= 11 is 2.64. The van der Waals surface area contributed by atoms with Gasteiger partial charge in [-0.3, -0.25) is 4.79 Å². The molecule has 0 aliphatic rings. The van der Waals surface area contributed by atoms with Gasteiger partial charge in [0.15, 0.2) is 5.16 Å². The number of nitrogens with one attached hydrogen (secondary N) is 1. The van der Waals surface area contributed by atoms with Crippen molar-refractivity contribution in [2.75, 3.05) is 11.9 Å². The molecule has 9 heteroatoms. The monoisotopic (exact) mass is 444 g/mol. The second kappa shape index (κ2) is 9.90. The second-order valence-electron chi connectivity index (χ2n) is 6.50. The van der Waals surface area contributed by atoms with E-state index in [9.17, 15) is 9.59 Å². The third-order valence-electron chi connectivity index (χ3n) is 4.48. The Morgan fingerprint density at radius 2 is 1.97 bits per heavy atom. The van der Waals surface area contributed by atoms with E-state index in [2.05, 4.69) is 15.5 Å². The Bertz CT molecular complexity index is 1030. The van der Waals surface area contributed by atoms with Crippen LogP contribution in [0, 0.1) is 0 Å². The largest absolute Gasteiger partial charge is 0.462 e. The van der Waals surface area contributed by atoms with Gasteiger partial charge in [-0.1, -0.05) is 49.0 Å². The first-order valence-corrected chi connectivity index (χ1v) is 11.4. The van der Waals surface area contributed by atoms with Crippen LogP contribution in [0.25, 0.3) is 11.1 Å². The van der Waals surface area contributed by atoms with Crippen LogP contribution in [-0.4, -0.2) is 38.5 Å². The van der Waals surface area contributed by atoms with Crippen LogP contribution >= 0.6 is 23.1 Å². The van der Waals surface area contributed by atoms with Crippen LogP contribution in [0.2, 0.25) is 0 Å². The number of thiophene rings is 1. The van der Waals surface area contributed by atoms with Crippen LogP contribution in [0.3, 0.4) is 0 Å². The van der Waals surface area contributed by atoms with Crippen molar-refractivity contribution in [1.29, 1.82) is 0 Å². The summed E-state index contributed by atoms with van der Waals surface area (Å²) in [6.45, 7) is 5.83. The van der Waals surface area contributed by atoms with Gasteiger partial charge in [-0.05, 0) is 19.4 Å². The fourth-order valence-electron chi connectivity index (χ4n) is 2.87. The highest BCUT2D eigenvalue weighted by Crippen LogP contribution is 2.36. The van der Waals surface area contributed by atoms with Crippen LogP contribution in [0.15, 0.2) is 40.9 Å². The number of nitrogens with zero attached hydrogens (tertiary/aromatic N) is 3. The van der Waals surface area contributed by atoms with Gasteiger partial charge in [-0.15, -0.1) is 21.5 Å². The minimum Gasteiger partial charge on any atom is -0.462 e. The predicted octanol–water partition coefficient (Wildman–Crippen LogP) is 4.40. The van der Waals surface area contributed by atoms with E-state index in [0.717, 1.165) is 23.4 Å². The molecule has 30 heavy (non-hydrogen) atoms. The summed E-state index contributed by atoms with van der Waals surface area (Å²) < 4.78 is 7.13. The van der Waals surface area contributed by atoms with Crippen molar-refractivity contribution >= 4 is 40.0 Å². The molecule has 1 aromatic carbocycles. The van der Waals surface area contributed by atoms with Crippen LogP contribution in [0.1, 0.15) is 37.0 Å². The standard InChI is InChI=1S/C21H24N4O3S2/c1-5-16-23-24-21(25(16)4)30-13(3)18(26)22-19-17(20(27)28-6-2)15(12-29-19)14-10-8-7-9-11-14/h7-13H,5-6H2,1-4H3,(H,22,26). The molecule has 2 aromatic heterocycles. The Morgan fingerprint density at radius 1 is 1.23 bits per heavy atom. The molecule has 1 atom stereocenters. The number of aromatic nitrogens is 3. The van der Waals surface area contributed by atoms with Crippen molar-refractivity contribution in [2.24, 2.45) is 7.05 Å². The second-order valence-corrected chi connectivity index (χ2v) is 8.69. The Balaban J connectivity index is 1.82. The number of amides is 1. The van der Waals surface area contributed by atoms with E-state index in [1.807, 2.05) is 54.3 Å². The minimum atomic E-state index is -0.450. The number of esters is 1. The van der Waals surface area contributed by atoms with Crippen molar-refractivity contribution in [3.05, 3.63) is 47.1 Å². The number of benzene rings is 1. The lowest BCUT2D eigenvalue weighted by Crippen LogP contribution is -2.23. The number of anilines is 1. The van der Waals surface area contributed by atoms with Gasteiger partial charge >= 0.3 is 5.97 Å². The van der Waals surface area contributed by atoms with Gasteiger partial charge in [0.25, 0.3) is 0 Å². The Morgan fingerprint density at radius 3 is 2.60 bits per heavy atom. The molecule has 0 bridgehead atoms. The zero-order valence-electron chi connectivity index (χ0n) is 17.3. The zero-order chi connectivity index (χ0) is 21.7. The van der Waals surface area contributed by atoms with Gasteiger partial charge in [0.05, 0.1) is 11.9 Å². The quantitative estimate of drug-likeness (QED) is 0.409. The summed E-state index contributed by atoms with van der Waals surface area (Å²) in [5, 5.41) is 13.8. The molecule has 3 rings (SSSR count). The summed E-state index contributed by atoms with van der Waals surface area (Å²) in [5.41, 5.74) is 2.02. The molecule has 1 unspecified atom stereocenters. The Hall–Kier alpha value is -2.65. The normalized spacial score (nSPS) is 11.9. The first kappa shape index (κ1) is 22.0. The molecule has 1 amide bonds. The van der Waals surface area contributed by atoms with E-state index in [0.29, 0.717) is 15.7 Å².